The van der Waals surface area contributed by atoms with Crippen LogP contribution in [-0.4, -0.2) is 24.2 Å². The van der Waals surface area contributed by atoms with Gasteiger partial charge in [0.15, 0.2) is 0 Å². The van der Waals surface area contributed by atoms with Crippen molar-refractivity contribution in [3.8, 4) is 0 Å². The minimum Gasteiger partial charge on any atom is -0.311 e. The van der Waals surface area contributed by atoms with Crippen molar-refractivity contribution in [2.24, 2.45) is 0 Å². The highest BCUT2D eigenvalue weighted by Gasteiger charge is 2.37. The van der Waals surface area contributed by atoms with Crippen LogP contribution in [-0.2, 0) is 0 Å². The van der Waals surface area contributed by atoms with E-state index in [1.54, 1.807) is 0 Å². The fraction of sp³-hybridized carbons (Fsp3) is 1.00. The highest BCUT2D eigenvalue weighted by Crippen LogP contribution is 2.35. The molecule has 1 heterocycles. The highest BCUT2D eigenvalue weighted by atomic mass is 15.0. The standard InChI is InChI=1S/C17H32N2/c1-2-5-9-15(8-4-1)19-16-10-13-18-17(14-16)11-6-3-7-12-17/h15-16,18-19H,1-14H2. The summed E-state index contributed by atoms with van der Waals surface area (Å²) in [5, 5.41) is 7.90. The summed E-state index contributed by atoms with van der Waals surface area (Å²) in [5.74, 6) is 0. The van der Waals surface area contributed by atoms with E-state index in [1.165, 1.54) is 90.0 Å². The third-order valence-electron chi connectivity index (χ3n) is 5.77. The molecular weight excluding hydrogens is 232 g/mol. The lowest BCUT2D eigenvalue weighted by atomic mass is 9.74. The SMILES string of the molecule is C1CCCC(NC2CCNC3(CCCCC3)C2)CC1. The van der Waals surface area contributed by atoms with Crippen LogP contribution in [0.4, 0.5) is 0 Å². The minimum absolute atomic E-state index is 0.513. The average molecular weight is 264 g/mol. The smallest absolute Gasteiger partial charge is 0.0196 e. The monoisotopic (exact) mass is 264 g/mol. The second-order valence-corrected chi connectivity index (χ2v) is 7.31. The van der Waals surface area contributed by atoms with Crippen molar-refractivity contribution in [3.05, 3.63) is 0 Å². The molecule has 2 N–H and O–H groups in total. The molecular formula is C17H32N2. The van der Waals surface area contributed by atoms with E-state index in [9.17, 15) is 0 Å². The fourth-order valence-corrected chi connectivity index (χ4v) is 4.69. The average Bonchev–Trinajstić information content (AvgIpc) is 2.68. The molecule has 2 saturated carbocycles. The van der Waals surface area contributed by atoms with Crippen molar-refractivity contribution in [3.63, 3.8) is 0 Å². The van der Waals surface area contributed by atoms with Crippen molar-refractivity contribution in [1.29, 1.82) is 0 Å². The van der Waals surface area contributed by atoms with Gasteiger partial charge in [-0.1, -0.05) is 44.9 Å². The fourth-order valence-electron chi connectivity index (χ4n) is 4.69. The summed E-state index contributed by atoms with van der Waals surface area (Å²) < 4.78 is 0. The van der Waals surface area contributed by atoms with E-state index < -0.39 is 0 Å². The summed E-state index contributed by atoms with van der Waals surface area (Å²) in [6.07, 6.45) is 18.6. The molecule has 1 aliphatic heterocycles. The molecule has 0 bridgehead atoms. The third kappa shape index (κ3) is 3.72. The maximum Gasteiger partial charge on any atom is 0.0196 e. The van der Waals surface area contributed by atoms with Crippen LogP contribution in [0.2, 0.25) is 0 Å². The molecule has 0 aromatic heterocycles. The Hall–Kier alpha value is -0.0800. The number of rotatable bonds is 2. The zero-order chi connectivity index (χ0) is 13.0. The van der Waals surface area contributed by atoms with E-state index >= 15 is 0 Å². The Morgan fingerprint density at radius 3 is 2.16 bits per heavy atom. The lowest BCUT2D eigenvalue weighted by Gasteiger charge is -2.45. The van der Waals surface area contributed by atoms with E-state index in [0.717, 1.165) is 12.1 Å². The highest BCUT2D eigenvalue weighted by molar-refractivity contribution is 4.98. The predicted octanol–water partition coefficient (Wildman–Crippen LogP) is 3.75. The van der Waals surface area contributed by atoms with Crippen LogP contribution in [0, 0.1) is 0 Å². The number of hydrogen-bond donors (Lipinski definition) is 2. The molecule has 2 nitrogen and oxygen atoms in total. The van der Waals surface area contributed by atoms with Gasteiger partial charge in [0.05, 0.1) is 0 Å². The first-order valence-corrected chi connectivity index (χ1v) is 8.87. The Morgan fingerprint density at radius 2 is 1.42 bits per heavy atom. The molecule has 1 saturated heterocycles. The van der Waals surface area contributed by atoms with E-state index in [4.69, 9.17) is 0 Å². The van der Waals surface area contributed by atoms with Crippen molar-refractivity contribution in [2.75, 3.05) is 6.54 Å². The van der Waals surface area contributed by atoms with E-state index in [0.29, 0.717) is 5.54 Å². The molecule has 110 valence electrons. The normalized spacial score (nSPS) is 33.2. The molecule has 0 radical (unpaired) electrons. The van der Waals surface area contributed by atoms with Gasteiger partial charge in [0.1, 0.15) is 0 Å². The number of hydrogen-bond acceptors (Lipinski definition) is 2. The molecule has 3 rings (SSSR count). The van der Waals surface area contributed by atoms with E-state index in [2.05, 4.69) is 10.6 Å². The Labute approximate surface area is 119 Å². The Balaban J connectivity index is 1.52. The van der Waals surface area contributed by atoms with Crippen LogP contribution in [0.25, 0.3) is 0 Å². The minimum atomic E-state index is 0.513. The molecule has 2 aliphatic carbocycles. The first-order valence-electron chi connectivity index (χ1n) is 8.87. The topological polar surface area (TPSA) is 24.1 Å². The van der Waals surface area contributed by atoms with Crippen molar-refractivity contribution in [2.45, 2.75) is 101 Å². The molecule has 3 fully saturated rings. The molecule has 0 aromatic rings. The maximum atomic E-state index is 4.03. The zero-order valence-electron chi connectivity index (χ0n) is 12.6. The second kappa shape index (κ2) is 6.58. The second-order valence-electron chi connectivity index (χ2n) is 7.31. The van der Waals surface area contributed by atoms with E-state index in [1.807, 2.05) is 0 Å². The van der Waals surface area contributed by atoms with E-state index in [-0.39, 0.29) is 0 Å². The van der Waals surface area contributed by atoms with Gasteiger partial charge in [-0.05, 0) is 45.1 Å². The summed E-state index contributed by atoms with van der Waals surface area (Å²) in [6, 6.07) is 1.62. The largest absolute Gasteiger partial charge is 0.311 e. The van der Waals surface area contributed by atoms with Gasteiger partial charge in [-0.3, -0.25) is 0 Å². The summed E-state index contributed by atoms with van der Waals surface area (Å²) >= 11 is 0. The molecule has 0 aromatic carbocycles. The van der Waals surface area contributed by atoms with Gasteiger partial charge in [0.25, 0.3) is 0 Å². The van der Waals surface area contributed by atoms with Gasteiger partial charge in [-0.25, -0.2) is 0 Å². The van der Waals surface area contributed by atoms with Crippen LogP contribution in [0.5, 0.6) is 0 Å². The van der Waals surface area contributed by atoms with Gasteiger partial charge in [-0.15, -0.1) is 0 Å². The lowest BCUT2D eigenvalue weighted by molar-refractivity contribution is 0.150. The molecule has 1 spiro atoms. The molecule has 2 heteroatoms. The van der Waals surface area contributed by atoms with Gasteiger partial charge in [-0.2, -0.15) is 0 Å². The van der Waals surface area contributed by atoms with Crippen LogP contribution >= 0.6 is 0 Å². The van der Waals surface area contributed by atoms with Gasteiger partial charge >= 0.3 is 0 Å². The van der Waals surface area contributed by atoms with Crippen LogP contribution < -0.4 is 10.6 Å². The molecule has 1 unspecified atom stereocenters. The van der Waals surface area contributed by atoms with Gasteiger partial charge in [0.2, 0.25) is 0 Å². The molecule has 1 atom stereocenters. The van der Waals surface area contributed by atoms with Crippen LogP contribution in [0.15, 0.2) is 0 Å². The van der Waals surface area contributed by atoms with Gasteiger partial charge in [0, 0.05) is 17.6 Å². The lowest BCUT2D eigenvalue weighted by Crippen LogP contribution is -2.57. The first-order chi connectivity index (χ1) is 9.36. The van der Waals surface area contributed by atoms with Crippen molar-refractivity contribution < 1.29 is 0 Å². The number of piperidine rings is 1. The quantitative estimate of drug-likeness (QED) is 0.742. The summed E-state index contributed by atoms with van der Waals surface area (Å²) in [5.41, 5.74) is 0.513. The molecule has 3 aliphatic rings. The van der Waals surface area contributed by atoms with Crippen molar-refractivity contribution in [1.82, 2.24) is 10.6 Å². The van der Waals surface area contributed by atoms with Crippen LogP contribution in [0.3, 0.4) is 0 Å². The summed E-state index contributed by atoms with van der Waals surface area (Å²) in [7, 11) is 0. The summed E-state index contributed by atoms with van der Waals surface area (Å²) in [6.45, 7) is 1.24. The summed E-state index contributed by atoms with van der Waals surface area (Å²) in [4.78, 5) is 0. The first kappa shape index (κ1) is 13.9. The number of nitrogens with one attached hydrogen (secondary N) is 2. The zero-order valence-corrected chi connectivity index (χ0v) is 12.6. The Kier molecular flexibility index (Phi) is 4.81. The predicted molar refractivity (Wildman–Crippen MR) is 81.5 cm³/mol. The molecule has 19 heavy (non-hydrogen) atoms. The van der Waals surface area contributed by atoms with Gasteiger partial charge < -0.3 is 10.6 Å². The Bertz CT molecular complexity index is 257. The maximum absolute atomic E-state index is 4.03. The third-order valence-corrected chi connectivity index (χ3v) is 5.77. The molecule has 0 amide bonds. The van der Waals surface area contributed by atoms with Crippen molar-refractivity contribution >= 4 is 0 Å². The van der Waals surface area contributed by atoms with Crippen LogP contribution in [0.1, 0.15) is 83.5 Å². The Morgan fingerprint density at radius 1 is 0.737 bits per heavy atom.